The molecule has 188 valence electrons. The van der Waals surface area contributed by atoms with Gasteiger partial charge >= 0.3 is 0 Å². The second kappa shape index (κ2) is 13.2. The molecular weight excluding hydrogens is 432 g/mol. The average Bonchev–Trinajstić information content (AvgIpc) is 2.80. The van der Waals surface area contributed by atoms with E-state index >= 15 is 0 Å². The summed E-state index contributed by atoms with van der Waals surface area (Å²) in [6.07, 6.45) is -11.4. The normalized spacial score (nSPS) is 41.4. The number of hydrogen-bond acceptors (Lipinski definition) is 12. The summed E-state index contributed by atoms with van der Waals surface area (Å²) in [6, 6.07) is 0. The third kappa shape index (κ3) is 6.65. The molecule has 12 nitrogen and oxygen atoms in total. The lowest BCUT2D eigenvalue weighted by molar-refractivity contribution is -0.370. The summed E-state index contributed by atoms with van der Waals surface area (Å²) >= 11 is 0. The van der Waals surface area contributed by atoms with Gasteiger partial charge in [-0.2, -0.15) is 0 Å². The molecule has 2 fully saturated rings. The van der Waals surface area contributed by atoms with Gasteiger partial charge in [0.2, 0.25) is 0 Å². The summed E-state index contributed by atoms with van der Waals surface area (Å²) in [5.41, 5.74) is 0. The van der Waals surface area contributed by atoms with E-state index in [9.17, 15) is 35.7 Å². The van der Waals surface area contributed by atoms with E-state index in [4.69, 9.17) is 24.1 Å². The Morgan fingerprint density at radius 3 is 1.91 bits per heavy atom. The standard InChI is InChI=1S/C20H36O12/c1-2-10(6-4-3-5-7-21)29-20-18(16(27)14(25)12(9-23)31-20)32-19-17(28)15(26)13(24)11(8-22)30-19/h2,10-28H,1,3-9H2/t10-,11+,12+,13+,14+,15-,16-,17+,18+,19-,20+/m0/s1. The molecule has 0 unspecified atom stereocenters. The van der Waals surface area contributed by atoms with Gasteiger partial charge in [0.05, 0.1) is 19.3 Å². The Labute approximate surface area is 186 Å². The minimum absolute atomic E-state index is 0.0720. The van der Waals surface area contributed by atoms with Crippen LogP contribution in [0.1, 0.15) is 25.7 Å². The summed E-state index contributed by atoms with van der Waals surface area (Å²) in [4.78, 5) is 0. The first-order chi connectivity index (χ1) is 15.3. The number of ether oxygens (including phenoxy) is 4. The Hall–Kier alpha value is -0.740. The van der Waals surface area contributed by atoms with E-state index in [1.807, 2.05) is 0 Å². The molecule has 11 atom stereocenters. The van der Waals surface area contributed by atoms with Crippen molar-refractivity contribution in [1.82, 2.24) is 0 Å². The summed E-state index contributed by atoms with van der Waals surface area (Å²) in [5, 5.41) is 78.7. The Morgan fingerprint density at radius 2 is 1.34 bits per heavy atom. The van der Waals surface area contributed by atoms with E-state index in [1.54, 1.807) is 0 Å². The summed E-state index contributed by atoms with van der Waals surface area (Å²) in [7, 11) is 0. The minimum atomic E-state index is -1.73. The fourth-order valence-corrected chi connectivity index (χ4v) is 3.69. The molecule has 0 spiro atoms. The predicted molar refractivity (Wildman–Crippen MR) is 107 cm³/mol. The maximum atomic E-state index is 10.6. The highest BCUT2D eigenvalue weighted by molar-refractivity contribution is 4.94. The van der Waals surface area contributed by atoms with Gasteiger partial charge in [0.1, 0.15) is 48.8 Å². The molecule has 0 radical (unpaired) electrons. The van der Waals surface area contributed by atoms with Gasteiger partial charge in [0, 0.05) is 6.61 Å². The van der Waals surface area contributed by atoms with Crippen molar-refractivity contribution in [2.24, 2.45) is 0 Å². The topological polar surface area (TPSA) is 199 Å². The van der Waals surface area contributed by atoms with Crippen molar-refractivity contribution in [3.8, 4) is 0 Å². The summed E-state index contributed by atoms with van der Waals surface area (Å²) < 4.78 is 22.3. The molecule has 0 aromatic heterocycles. The van der Waals surface area contributed by atoms with Crippen molar-refractivity contribution in [2.45, 2.75) is 93.2 Å². The molecular formula is C20H36O12. The SMILES string of the molecule is C=C[C@@H](CCCCCO)O[C@@H]1O[C@H](CO)[C@@H](O)[C@H](O)[C@H]1O[C@@H]1O[C@H](CO)[C@@H](O)[C@H](O)[C@H]1O. The molecule has 0 aromatic carbocycles. The van der Waals surface area contributed by atoms with Crippen LogP contribution in [-0.4, -0.2) is 128 Å². The third-order valence-electron chi connectivity index (χ3n) is 5.68. The van der Waals surface area contributed by atoms with Crippen molar-refractivity contribution in [1.29, 1.82) is 0 Å². The average molecular weight is 468 g/mol. The first kappa shape index (κ1) is 27.5. The second-order valence-electron chi connectivity index (χ2n) is 7.99. The van der Waals surface area contributed by atoms with Crippen LogP contribution in [-0.2, 0) is 18.9 Å². The zero-order valence-corrected chi connectivity index (χ0v) is 17.8. The van der Waals surface area contributed by atoms with Gasteiger partial charge in [-0.25, -0.2) is 0 Å². The van der Waals surface area contributed by atoms with Gasteiger partial charge in [0.25, 0.3) is 0 Å². The molecule has 0 bridgehead atoms. The lowest BCUT2D eigenvalue weighted by Crippen LogP contribution is -2.64. The van der Waals surface area contributed by atoms with Crippen LogP contribution >= 0.6 is 0 Å². The quantitative estimate of drug-likeness (QED) is 0.105. The van der Waals surface area contributed by atoms with Crippen LogP contribution in [0, 0.1) is 0 Å². The lowest BCUT2D eigenvalue weighted by Gasteiger charge is -2.46. The van der Waals surface area contributed by atoms with Crippen LogP contribution in [0.5, 0.6) is 0 Å². The number of aliphatic hydroxyl groups excluding tert-OH is 8. The van der Waals surface area contributed by atoms with E-state index in [-0.39, 0.29) is 6.61 Å². The highest BCUT2D eigenvalue weighted by Gasteiger charge is 2.51. The number of rotatable bonds is 12. The van der Waals surface area contributed by atoms with Crippen molar-refractivity contribution in [3.63, 3.8) is 0 Å². The zero-order chi connectivity index (χ0) is 23.8. The highest BCUT2D eigenvalue weighted by Crippen LogP contribution is 2.30. The number of unbranched alkanes of at least 4 members (excludes halogenated alkanes) is 2. The number of aliphatic hydroxyl groups is 8. The van der Waals surface area contributed by atoms with Gasteiger partial charge in [0.15, 0.2) is 12.6 Å². The second-order valence-corrected chi connectivity index (χ2v) is 7.99. The molecule has 0 aromatic rings. The van der Waals surface area contributed by atoms with E-state index < -0.39 is 80.7 Å². The molecule has 2 heterocycles. The molecule has 0 amide bonds. The Bertz CT molecular complexity index is 549. The molecule has 12 heteroatoms. The molecule has 0 saturated carbocycles. The van der Waals surface area contributed by atoms with Crippen LogP contribution in [0.4, 0.5) is 0 Å². The van der Waals surface area contributed by atoms with Gasteiger partial charge < -0.3 is 59.8 Å². The predicted octanol–water partition coefficient (Wildman–Crippen LogP) is -3.27. The van der Waals surface area contributed by atoms with Crippen molar-refractivity contribution in [2.75, 3.05) is 19.8 Å². The molecule has 0 aliphatic carbocycles. The van der Waals surface area contributed by atoms with E-state index in [2.05, 4.69) is 6.58 Å². The van der Waals surface area contributed by atoms with E-state index in [1.165, 1.54) is 6.08 Å². The summed E-state index contributed by atoms with van der Waals surface area (Å²) in [6.45, 7) is 2.50. The van der Waals surface area contributed by atoms with Crippen LogP contribution in [0.15, 0.2) is 12.7 Å². The Balaban J connectivity index is 2.15. The third-order valence-corrected chi connectivity index (χ3v) is 5.68. The largest absolute Gasteiger partial charge is 0.396 e. The Morgan fingerprint density at radius 1 is 0.750 bits per heavy atom. The molecule has 2 aliphatic rings. The van der Waals surface area contributed by atoms with Crippen LogP contribution in [0.25, 0.3) is 0 Å². The van der Waals surface area contributed by atoms with Crippen LogP contribution in [0.2, 0.25) is 0 Å². The van der Waals surface area contributed by atoms with Crippen molar-refractivity contribution < 1.29 is 59.8 Å². The van der Waals surface area contributed by atoms with E-state index in [0.717, 1.165) is 6.42 Å². The molecule has 2 aliphatic heterocycles. The molecule has 8 N–H and O–H groups in total. The fraction of sp³-hybridized carbons (Fsp3) is 0.900. The number of hydrogen-bond donors (Lipinski definition) is 8. The highest BCUT2D eigenvalue weighted by atomic mass is 16.8. The fourth-order valence-electron chi connectivity index (χ4n) is 3.69. The van der Waals surface area contributed by atoms with Crippen molar-refractivity contribution >= 4 is 0 Å². The minimum Gasteiger partial charge on any atom is -0.396 e. The maximum Gasteiger partial charge on any atom is 0.187 e. The van der Waals surface area contributed by atoms with Crippen molar-refractivity contribution in [3.05, 3.63) is 12.7 Å². The van der Waals surface area contributed by atoms with Gasteiger partial charge in [-0.1, -0.05) is 18.9 Å². The summed E-state index contributed by atoms with van der Waals surface area (Å²) in [5.74, 6) is 0. The van der Waals surface area contributed by atoms with Gasteiger partial charge in [-0.05, 0) is 12.8 Å². The maximum absolute atomic E-state index is 10.6. The van der Waals surface area contributed by atoms with Crippen LogP contribution < -0.4 is 0 Å². The first-order valence-corrected chi connectivity index (χ1v) is 10.8. The van der Waals surface area contributed by atoms with Crippen LogP contribution in [0.3, 0.4) is 0 Å². The Kier molecular flexibility index (Phi) is 11.4. The van der Waals surface area contributed by atoms with Gasteiger partial charge in [-0.15, -0.1) is 6.58 Å². The molecule has 2 saturated heterocycles. The lowest BCUT2D eigenvalue weighted by atomic mass is 9.97. The molecule has 32 heavy (non-hydrogen) atoms. The zero-order valence-electron chi connectivity index (χ0n) is 17.8. The first-order valence-electron chi connectivity index (χ1n) is 10.8. The van der Waals surface area contributed by atoms with Gasteiger partial charge in [-0.3, -0.25) is 0 Å². The smallest absolute Gasteiger partial charge is 0.187 e. The van der Waals surface area contributed by atoms with E-state index in [0.29, 0.717) is 19.3 Å². The monoisotopic (exact) mass is 468 g/mol. The molecule has 2 rings (SSSR count).